The number of amides is 1. The normalized spacial score (nSPS) is 12.3. The quantitative estimate of drug-likeness (QED) is 0.431. The molecule has 166 valence electrons. The first-order valence-electron chi connectivity index (χ1n) is 10.7. The summed E-state index contributed by atoms with van der Waals surface area (Å²) in [7, 11) is 1.60. The van der Waals surface area contributed by atoms with E-state index in [0.717, 1.165) is 22.1 Å². The van der Waals surface area contributed by atoms with Crippen molar-refractivity contribution in [3.63, 3.8) is 0 Å². The number of rotatable bonds is 6. The van der Waals surface area contributed by atoms with Gasteiger partial charge in [-0.15, -0.1) is 0 Å². The first-order chi connectivity index (χ1) is 16.2. The zero-order valence-corrected chi connectivity index (χ0v) is 18.2. The van der Waals surface area contributed by atoms with Crippen LogP contribution in [-0.4, -0.2) is 26.2 Å². The molecule has 1 heterocycles. The second-order valence-electron chi connectivity index (χ2n) is 7.61. The van der Waals surface area contributed by atoms with Crippen molar-refractivity contribution in [1.82, 2.24) is 0 Å². The highest BCUT2D eigenvalue weighted by Gasteiger charge is 2.15. The van der Waals surface area contributed by atoms with Gasteiger partial charge in [-0.2, -0.15) is 0 Å². The summed E-state index contributed by atoms with van der Waals surface area (Å²) in [5.74, 6) is 2.50. The number of carbonyl (C=O) groups excluding carboxylic acids is 1. The van der Waals surface area contributed by atoms with Crippen molar-refractivity contribution in [2.75, 3.05) is 25.6 Å². The smallest absolute Gasteiger partial charge is 0.255 e. The summed E-state index contributed by atoms with van der Waals surface area (Å²) in [6.07, 6.45) is 0. The molecule has 0 spiro atoms. The summed E-state index contributed by atoms with van der Waals surface area (Å²) < 4.78 is 22.7. The van der Waals surface area contributed by atoms with Gasteiger partial charge in [-0.05, 0) is 41.8 Å². The summed E-state index contributed by atoms with van der Waals surface area (Å²) >= 11 is 0. The van der Waals surface area contributed by atoms with E-state index in [4.69, 9.17) is 18.9 Å². The molecule has 0 aliphatic carbocycles. The van der Waals surface area contributed by atoms with E-state index in [0.29, 0.717) is 41.7 Å². The van der Waals surface area contributed by atoms with Gasteiger partial charge in [-0.1, -0.05) is 36.4 Å². The minimum Gasteiger partial charge on any atom is -0.496 e. The Morgan fingerprint density at radius 3 is 2.58 bits per heavy atom. The summed E-state index contributed by atoms with van der Waals surface area (Å²) in [6, 6.07) is 24.7. The number of anilines is 1. The number of hydrogen-bond acceptors (Lipinski definition) is 5. The molecule has 4 aromatic carbocycles. The van der Waals surface area contributed by atoms with E-state index >= 15 is 0 Å². The van der Waals surface area contributed by atoms with Crippen LogP contribution in [0.5, 0.6) is 23.0 Å². The Bertz CT molecular complexity index is 1310. The lowest BCUT2D eigenvalue weighted by Crippen LogP contribution is -2.16. The number of hydrogen-bond donors (Lipinski definition) is 1. The van der Waals surface area contributed by atoms with Crippen molar-refractivity contribution >= 4 is 22.4 Å². The Hall–Kier alpha value is -4.19. The number of methoxy groups -OCH3 is 1. The van der Waals surface area contributed by atoms with Crippen LogP contribution in [-0.2, 0) is 6.61 Å². The third-order valence-electron chi connectivity index (χ3n) is 5.48. The van der Waals surface area contributed by atoms with E-state index in [9.17, 15) is 4.79 Å². The summed E-state index contributed by atoms with van der Waals surface area (Å²) in [6.45, 7) is 1.28. The topological polar surface area (TPSA) is 66.0 Å². The molecule has 33 heavy (non-hydrogen) atoms. The predicted molar refractivity (Wildman–Crippen MR) is 127 cm³/mol. The second-order valence-corrected chi connectivity index (χ2v) is 7.61. The zero-order valence-electron chi connectivity index (χ0n) is 18.2. The third kappa shape index (κ3) is 4.41. The molecule has 6 nitrogen and oxygen atoms in total. The average Bonchev–Trinajstić information content (AvgIpc) is 2.87. The van der Waals surface area contributed by atoms with Gasteiger partial charge in [0.15, 0.2) is 11.5 Å². The molecule has 0 saturated carbocycles. The minimum absolute atomic E-state index is 0.235. The number of fused-ring (bicyclic) bond motifs is 2. The van der Waals surface area contributed by atoms with Crippen molar-refractivity contribution in [3.05, 3.63) is 90.0 Å². The lowest BCUT2D eigenvalue weighted by atomic mass is 10.1. The van der Waals surface area contributed by atoms with E-state index in [2.05, 4.69) is 5.32 Å². The van der Waals surface area contributed by atoms with Crippen molar-refractivity contribution in [2.45, 2.75) is 6.61 Å². The Morgan fingerprint density at radius 2 is 1.70 bits per heavy atom. The fourth-order valence-electron chi connectivity index (χ4n) is 3.83. The molecule has 0 bridgehead atoms. The fourth-order valence-corrected chi connectivity index (χ4v) is 3.83. The van der Waals surface area contributed by atoms with E-state index in [-0.39, 0.29) is 12.5 Å². The van der Waals surface area contributed by atoms with Crippen molar-refractivity contribution < 1.29 is 23.7 Å². The molecule has 0 saturated heterocycles. The Labute approximate surface area is 191 Å². The molecule has 0 atom stereocenters. The van der Waals surface area contributed by atoms with Crippen molar-refractivity contribution in [2.24, 2.45) is 0 Å². The molecule has 1 aliphatic rings. The standard InChI is InChI=1S/C27H23NO5/c1-30-23-11-9-19(27(29)28-21-10-12-25-26(16-21)32-14-13-31-25)15-20(23)17-33-24-8-4-6-18-5-2-3-7-22(18)24/h2-12,15-16H,13-14,17H2,1H3,(H,28,29). The van der Waals surface area contributed by atoms with Crippen LogP contribution in [0.4, 0.5) is 5.69 Å². The summed E-state index contributed by atoms with van der Waals surface area (Å²) in [5, 5.41) is 5.05. The maximum absolute atomic E-state index is 12.9. The summed E-state index contributed by atoms with van der Waals surface area (Å²) in [4.78, 5) is 12.9. The fraction of sp³-hybridized carbons (Fsp3) is 0.148. The van der Waals surface area contributed by atoms with Crippen molar-refractivity contribution in [3.8, 4) is 23.0 Å². The molecule has 0 unspecified atom stereocenters. The summed E-state index contributed by atoms with van der Waals surface area (Å²) in [5.41, 5.74) is 1.91. The molecule has 1 N–H and O–H groups in total. The molecular formula is C27H23NO5. The molecule has 6 heteroatoms. The first kappa shape index (κ1) is 20.7. The molecule has 5 rings (SSSR count). The van der Waals surface area contributed by atoms with E-state index < -0.39 is 0 Å². The number of carbonyl (C=O) groups is 1. The molecule has 0 aromatic heterocycles. The minimum atomic E-state index is -0.235. The van der Waals surface area contributed by atoms with Gasteiger partial charge in [0.1, 0.15) is 31.3 Å². The Morgan fingerprint density at radius 1 is 0.879 bits per heavy atom. The van der Waals surface area contributed by atoms with Crippen LogP contribution >= 0.6 is 0 Å². The highest BCUT2D eigenvalue weighted by Crippen LogP contribution is 2.33. The zero-order chi connectivity index (χ0) is 22.6. The molecular weight excluding hydrogens is 418 g/mol. The lowest BCUT2D eigenvalue weighted by molar-refractivity contribution is 0.102. The Balaban J connectivity index is 1.35. The van der Waals surface area contributed by atoms with E-state index in [1.807, 2.05) is 42.5 Å². The maximum Gasteiger partial charge on any atom is 0.255 e. The van der Waals surface area contributed by atoms with Gasteiger partial charge in [0.05, 0.1) is 7.11 Å². The van der Waals surface area contributed by atoms with Gasteiger partial charge in [0.25, 0.3) is 5.91 Å². The van der Waals surface area contributed by atoms with E-state index in [1.165, 1.54) is 0 Å². The van der Waals surface area contributed by atoms with Crippen LogP contribution in [0.1, 0.15) is 15.9 Å². The molecule has 4 aromatic rings. The number of nitrogens with one attached hydrogen (secondary N) is 1. The van der Waals surface area contributed by atoms with Crippen LogP contribution in [0.2, 0.25) is 0 Å². The number of benzene rings is 4. The van der Waals surface area contributed by atoms with Crippen LogP contribution in [0.15, 0.2) is 78.9 Å². The van der Waals surface area contributed by atoms with Crippen LogP contribution < -0.4 is 24.3 Å². The van der Waals surface area contributed by atoms with Gasteiger partial charge in [0, 0.05) is 28.3 Å². The Kier molecular flexibility index (Phi) is 5.72. The maximum atomic E-state index is 12.9. The number of ether oxygens (including phenoxy) is 4. The van der Waals surface area contributed by atoms with Gasteiger partial charge in [-0.3, -0.25) is 4.79 Å². The molecule has 1 amide bonds. The van der Waals surface area contributed by atoms with Gasteiger partial charge < -0.3 is 24.3 Å². The monoisotopic (exact) mass is 441 g/mol. The lowest BCUT2D eigenvalue weighted by Gasteiger charge is -2.19. The van der Waals surface area contributed by atoms with Gasteiger partial charge >= 0.3 is 0 Å². The van der Waals surface area contributed by atoms with Gasteiger partial charge in [-0.25, -0.2) is 0 Å². The van der Waals surface area contributed by atoms with Gasteiger partial charge in [0.2, 0.25) is 0 Å². The third-order valence-corrected chi connectivity index (χ3v) is 5.48. The van der Waals surface area contributed by atoms with Crippen LogP contribution in [0, 0.1) is 0 Å². The molecule has 0 radical (unpaired) electrons. The van der Waals surface area contributed by atoms with Crippen molar-refractivity contribution in [1.29, 1.82) is 0 Å². The highest BCUT2D eigenvalue weighted by molar-refractivity contribution is 6.04. The van der Waals surface area contributed by atoms with E-state index in [1.54, 1.807) is 43.5 Å². The van der Waals surface area contributed by atoms with Crippen LogP contribution in [0.25, 0.3) is 10.8 Å². The molecule has 0 fully saturated rings. The predicted octanol–water partition coefficient (Wildman–Crippen LogP) is 5.45. The average molecular weight is 441 g/mol. The second kappa shape index (κ2) is 9.12. The first-order valence-corrected chi connectivity index (χ1v) is 10.7. The molecule has 1 aliphatic heterocycles. The van der Waals surface area contributed by atoms with Crippen LogP contribution in [0.3, 0.4) is 0 Å². The largest absolute Gasteiger partial charge is 0.496 e. The highest BCUT2D eigenvalue weighted by atomic mass is 16.6. The SMILES string of the molecule is COc1ccc(C(=O)Nc2ccc3c(c2)OCCO3)cc1COc1cccc2ccccc12.